The van der Waals surface area contributed by atoms with Crippen molar-refractivity contribution in [1.82, 2.24) is 15.5 Å². The Morgan fingerprint density at radius 2 is 1.84 bits per heavy atom. The van der Waals surface area contributed by atoms with Gasteiger partial charge in [0.2, 0.25) is 5.91 Å². The van der Waals surface area contributed by atoms with Gasteiger partial charge in [0.25, 0.3) is 0 Å². The van der Waals surface area contributed by atoms with E-state index in [4.69, 9.17) is 9.47 Å². The average molecular weight is 444 g/mol. The molecule has 8 nitrogen and oxygen atoms in total. The third kappa shape index (κ3) is 6.84. The number of hydrogen-bond donors (Lipinski definition) is 3. The minimum absolute atomic E-state index is 0.0527. The van der Waals surface area contributed by atoms with Crippen molar-refractivity contribution in [2.24, 2.45) is 4.99 Å². The Morgan fingerprint density at radius 1 is 1.16 bits per heavy atom. The third-order valence-corrected chi connectivity index (χ3v) is 5.20. The van der Waals surface area contributed by atoms with Crippen molar-refractivity contribution in [2.45, 2.75) is 19.0 Å². The summed E-state index contributed by atoms with van der Waals surface area (Å²) in [6.07, 6.45) is 0.962. The molecule has 1 amide bonds. The van der Waals surface area contributed by atoms with E-state index >= 15 is 0 Å². The molecule has 1 heterocycles. The summed E-state index contributed by atoms with van der Waals surface area (Å²) in [5, 5.41) is 9.11. The van der Waals surface area contributed by atoms with Crippen LogP contribution in [0.3, 0.4) is 0 Å². The Kier molecular flexibility index (Phi) is 8.27. The molecule has 32 heavy (non-hydrogen) atoms. The highest BCUT2D eigenvalue weighted by Crippen LogP contribution is 2.24. The quantitative estimate of drug-likeness (QED) is 0.429. The van der Waals surface area contributed by atoms with Gasteiger partial charge in [-0.15, -0.1) is 0 Å². The summed E-state index contributed by atoms with van der Waals surface area (Å²) < 4.78 is 23.7. The van der Waals surface area contributed by atoms with Gasteiger partial charge in [-0.25, -0.2) is 4.39 Å². The number of ether oxygens (including phenoxy) is 2. The number of carbonyl (C=O) groups is 1. The van der Waals surface area contributed by atoms with Gasteiger partial charge in [-0.05, 0) is 48.4 Å². The van der Waals surface area contributed by atoms with E-state index in [1.807, 2.05) is 18.2 Å². The predicted octanol–water partition coefficient (Wildman–Crippen LogP) is 2.22. The van der Waals surface area contributed by atoms with Crippen LogP contribution in [-0.4, -0.2) is 63.7 Å². The van der Waals surface area contributed by atoms with Crippen LogP contribution in [0.15, 0.2) is 47.5 Å². The summed E-state index contributed by atoms with van der Waals surface area (Å²) in [6.45, 7) is 2.64. The summed E-state index contributed by atoms with van der Waals surface area (Å²) >= 11 is 0. The van der Waals surface area contributed by atoms with E-state index in [1.54, 1.807) is 21.3 Å². The van der Waals surface area contributed by atoms with Gasteiger partial charge in [0.05, 0.1) is 20.8 Å². The number of carbonyl (C=O) groups excluding carboxylic acids is 1. The van der Waals surface area contributed by atoms with Crippen LogP contribution < -0.4 is 25.4 Å². The van der Waals surface area contributed by atoms with Gasteiger partial charge in [0.15, 0.2) is 5.96 Å². The largest absolute Gasteiger partial charge is 0.497 e. The number of nitrogens with one attached hydrogen (secondary N) is 3. The van der Waals surface area contributed by atoms with Crippen LogP contribution in [0.2, 0.25) is 0 Å². The number of hydrogen-bond acceptors (Lipinski definition) is 5. The van der Waals surface area contributed by atoms with Crippen molar-refractivity contribution in [3.05, 3.63) is 53.8 Å². The zero-order chi connectivity index (χ0) is 22.9. The summed E-state index contributed by atoms with van der Waals surface area (Å²) in [6, 6.07) is 11.8. The number of nitrogens with zero attached hydrogens (tertiary/aromatic N) is 2. The molecule has 0 aliphatic carbocycles. The van der Waals surface area contributed by atoms with E-state index in [0.717, 1.165) is 43.1 Å². The first-order chi connectivity index (χ1) is 15.5. The van der Waals surface area contributed by atoms with Crippen LogP contribution >= 0.6 is 0 Å². The summed E-state index contributed by atoms with van der Waals surface area (Å²) in [5.74, 6) is 1.53. The van der Waals surface area contributed by atoms with E-state index in [1.165, 1.54) is 24.3 Å². The maximum absolute atomic E-state index is 13.0. The highest BCUT2D eigenvalue weighted by Gasteiger charge is 2.23. The Hall–Kier alpha value is -3.33. The number of methoxy groups -OCH3 is 2. The van der Waals surface area contributed by atoms with Gasteiger partial charge < -0.3 is 25.4 Å². The number of halogens is 1. The molecule has 1 atom stereocenters. The second-order valence-electron chi connectivity index (χ2n) is 7.57. The number of amides is 1. The molecular formula is C23H30FN5O3. The summed E-state index contributed by atoms with van der Waals surface area (Å²) in [4.78, 5) is 18.7. The minimum atomic E-state index is -0.345. The monoisotopic (exact) mass is 443 g/mol. The molecule has 1 aliphatic rings. The Morgan fingerprint density at radius 3 is 2.47 bits per heavy atom. The Labute approximate surface area is 187 Å². The Bertz CT molecular complexity index is 913. The summed E-state index contributed by atoms with van der Waals surface area (Å²) in [5.41, 5.74) is 1.67. The third-order valence-electron chi connectivity index (χ3n) is 5.20. The van der Waals surface area contributed by atoms with E-state index in [2.05, 4.69) is 25.8 Å². The van der Waals surface area contributed by atoms with Gasteiger partial charge in [0, 0.05) is 44.5 Å². The fourth-order valence-corrected chi connectivity index (χ4v) is 3.60. The van der Waals surface area contributed by atoms with E-state index in [0.29, 0.717) is 11.6 Å². The lowest BCUT2D eigenvalue weighted by Gasteiger charge is -2.19. The highest BCUT2D eigenvalue weighted by atomic mass is 19.1. The SMILES string of the molecule is CN=C(NCC(=O)Nc1ccc(F)cc1)NC1CCN(Cc2cc(OC)cc(OC)c2)C1. The number of anilines is 1. The van der Waals surface area contributed by atoms with Gasteiger partial charge in [-0.1, -0.05) is 0 Å². The zero-order valence-electron chi connectivity index (χ0n) is 18.7. The van der Waals surface area contributed by atoms with Crippen molar-refractivity contribution in [3.63, 3.8) is 0 Å². The minimum Gasteiger partial charge on any atom is -0.497 e. The topological polar surface area (TPSA) is 87.2 Å². The lowest BCUT2D eigenvalue weighted by atomic mass is 10.2. The maximum Gasteiger partial charge on any atom is 0.243 e. The predicted molar refractivity (Wildman–Crippen MR) is 123 cm³/mol. The number of benzene rings is 2. The number of likely N-dealkylation sites (tertiary alicyclic amines) is 1. The molecule has 172 valence electrons. The number of guanidine groups is 1. The fraction of sp³-hybridized carbons (Fsp3) is 0.391. The molecule has 0 bridgehead atoms. The first-order valence-corrected chi connectivity index (χ1v) is 10.5. The molecule has 0 radical (unpaired) electrons. The van der Waals surface area contributed by atoms with Gasteiger partial charge >= 0.3 is 0 Å². The maximum atomic E-state index is 13.0. The fourth-order valence-electron chi connectivity index (χ4n) is 3.60. The van der Waals surface area contributed by atoms with Gasteiger partial charge in [-0.3, -0.25) is 14.7 Å². The lowest BCUT2D eigenvalue weighted by Crippen LogP contribution is -2.46. The van der Waals surface area contributed by atoms with Crippen molar-refractivity contribution in [3.8, 4) is 11.5 Å². The molecule has 1 aliphatic heterocycles. The number of aliphatic imine (C=N–C) groups is 1. The van der Waals surface area contributed by atoms with Crippen molar-refractivity contribution < 1.29 is 18.7 Å². The molecule has 3 rings (SSSR count). The first kappa shape index (κ1) is 23.3. The van der Waals surface area contributed by atoms with Crippen LogP contribution in [0.25, 0.3) is 0 Å². The highest BCUT2D eigenvalue weighted by molar-refractivity contribution is 5.95. The molecule has 1 saturated heterocycles. The van der Waals surface area contributed by atoms with Crippen LogP contribution in [0.5, 0.6) is 11.5 Å². The van der Waals surface area contributed by atoms with E-state index in [9.17, 15) is 9.18 Å². The molecule has 3 N–H and O–H groups in total. The van der Waals surface area contributed by atoms with Crippen LogP contribution in [0, 0.1) is 5.82 Å². The molecular weight excluding hydrogens is 413 g/mol. The van der Waals surface area contributed by atoms with Gasteiger partial charge in [0.1, 0.15) is 17.3 Å². The molecule has 2 aromatic rings. The van der Waals surface area contributed by atoms with Crippen LogP contribution in [0.4, 0.5) is 10.1 Å². The first-order valence-electron chi connectivity index (χ1n) is 10.5. The molecule has 0 saturated carbocycles. The zero-order valence-corrected chi connectivity index (χ0v) is 18.7. The van der Waals surface area contributed by atoms with Crippen molar-refractivity contribution in [1.29, 1.82) is 0 Å². The average Bonchev–Trinajstić information content (AvgIpc) is 3.24. The molecule has 9 heteroatoms. The van der Waals surface area contributed by atoms with E-state index in [-0.39, 0.29) is 24.3 Å². The van der Waals surface area contributed by atoms with Crippen LogP contribution in [0.1, 0.15) is 12.0 Å². The molecule has 2 aromatic carbocycles. The molecule has 1 fully saturated rings. The van der Waals surface area contributed by atoms with Crippen molar-refractivity contribution >= 4 is 17.6 Å². The Balaban J connectivity index is 1.45. The smallest absolute Gasteiger partial charge is 0.243 e. The summed E-state index contributed by atoms with van der Waals surface area (Å²) in [7, 11) is 4.96. The van der Waals surface area contributed by atoms with Crippen LogP contribution in [-0.2, 0) is 11.3 Å². The normalized spacial score (nSPS) is 16.5. The van der Waals surface area contributed by atoms with E-state index < -0.39 is 0 Å². The second kappa shape index (κ2) is 11.3. The molecule has 0 aromatic heterocycles. The second-order valence-corrected chi connectivity index (χ2v) is 7.57. The van der Waals surface area contributed by atoms with Gasteiger partial charge in [-0.2, -0.15) is 0 Å². The van der Waals surface area contributed by atoms with Crippen molar-refractivity contribution in [2.75, 3.05) is 46.2 Å². The number of rotatable bonds is 8. The molecule has 1 unspecified atom stereocenters. The standard InChI is InChI=1S/C23H30FN5O3/c1-25-23(26-13-22(30)27-18-6-4-17(24)5-7-18)28-19-8-9-29(15-19)14-16-10-20(31-2)12-21(11-16)32-3/h4-7,10-12,19H,8-9,13-15H2,1-3H3,(H,27,30)(H2,25,26,28). The lowest BCUT2D eigenvalue weighted by molar-refractivity contribution is -0.115. The molecule has 0 spiro atoms.